The van der Waals surface area contributed by atoms with Gasteiger partial charge in [-0.1, -0.05) is 0 Å². The molecule has 0 N–H and O–H groups in total. The van der Waals surface area contributed by atoms with Crippen LogP contribution in [-0.4, -0.2) is 67.8 Å². The van der Waals surface area contributed by atoms with E-state index < -0.39 is 54.6 Å². The van der Waals surface area contributed by atoms with Crippen molar-refractivity contribution in [3.05, 3.63) is 0 Å². The number of carbonyl (C=O) groups is 3. The monoisotopic (exact) mass is 376 g/mol. The molecule has 2 fully saturated rings. The highest BCUT2D eigenvalue weighted by molar-refractivity contribution is 5.67. The van der Waals surface area contributed by atoms with E-state index in [1.54, 1.807) is 13.8 Å². The highest BCUT2D eigenvalue weighted by Gasteiger charge is 2.59. The maximum absolute atomic E-state index is 11.6. The van der Waals surface area contributed by atoms with Crippen LogP contribution in [0.4, 0.5) is 0 Å². The Kier molecular flexibility index (Phi) is 6.56. The first-order valence-corrected chi connectivity index (χ1v) is 8.28. The van der Waals surface area contributed by atoms with Gasteiger partial charge >= 0.3 is 17.9 Å². The molecule has 0 amide bonds. The van der Waals surface area contributed by atoms with Crippen molar-refractivity contribution in [3.8, 4) is 0 Å². The van der Waals surface area contributed by atoms with Gasteiger partial charge in [0.05, 0.1) is 0 Å². The Morgan fingerprint density at radius 1 is 0.962 bits per heavy atom. The van der Waals surface area contributed by atoms with E-state index in [1.165, 1.54) is 20.8 Å². The van der Waals surface area contributed by atoms with E-state index in [1.807, 2.05) is 0 Å². The Morgan fingerprint density at radius 3 is 2.12 bits per heavy atom. The molecule has 0 aliphatic carbocycles. The average molecular weight is 376 g/mol. The number of ether oxygens (including phenoxy) is 7. The molecule has 6 atom stereocenters. The minimum absolute atomic E-state index is 0.219. The van der Waals surface area contributed by atoms with Gasteiger partial charge in [0.25, 0.3) is 5.97 Å². The van der Waals surface area contributed by atoms with Gasteiger partial charge in [-0.3, -0.25) is 19.1 Å². The lowest BCUT2D eigenvalue weighted by Crippen LogP contribution is -2.60. The van der Waals surface area contributed by atoms with Crippen LogP contribution >= 0.6 is 0 Å². The van der Waals surface area contributed by atoms with Crippen molar-refractivity contribution >= 4 is 17.9 Å². The third-order valence-corrected chi connectivity index (χ3v) is 3.73. The third-order valence-electron chi connectivity index (χ3n) is 3.73. The number of hydrogen-bond donors (Lipinski definition) is 0. The summed E-state index contributed by atoms with van der Waals surface area (Å²) in [6, 6.07) is 0. The summed E-state index contributed by atoms with van der Waals surface area (Å²) in [5.74, 6) is -3.18. The van der Waals surface area contributed by atoms with E-state index in [9.17, 15) is 14.4 Å². The highest BCUT2D eigenvalue weighted by atomic mass is 16.9. The van der Waals surface area contributed by atoms with Crippen LogP contribution in [0.15, 0.2) is 0 Å². The van der Waals surface area contributed by atoms with Gasteiger partial charge in [0.1, 0.15) is 12.7 Å². The molecule has 26 heavy (non-hydrogen) atoms. The van der Waals surface area contributed by atoms with Crippen molar-refractivity contribution in [2.45, 2.75) is 71.3 Å². The molecule has 0 aromatic rings. The standard InChI is InChI=1S/C16H24O10/c1-6-21-16(5)25-14-13(23-10(4)19)12(22-9(3)18)11(7-20-8(2)17)24-15(14)26-16/h11-15H,6-7H2,1-5H3/t11-,12-,13+,14-,15-,16?/m1/s1. The lowest BCUT2D eigenvalue weighted by molar-refractivity contribution is -0.342. The van der Waals surface area contributed by atoms with Crippen molar-refractivity contribution in [2.24, 2.45) is 0 Å². The lowest BCUT2D eigenvalue weighted by Gasteiger charge is -2.40. The molecule has 10 nitrogen and oxygen atoms in total. The molecule has 1 unspecified atom stereocenters. The zero-order chi connectivity index (χ0) is 19.5. The maximum Gasteiger partial charge on any atom is 0.303 e. The van der Waals surface area contributed by atoms with E-state index in [0.29, 0.717) is 6.61 Å². The van der Waals surface area contributed by atoms with Crippen LogP contribution in [0.1, 0.15) is 34.6 Å². The first-order valence-electron chi connectivity index (χ1n) is 8.28. The quantitative estimate of drug-likeness (QED) is 0.472. The zero-order valence-corrected chi connectivity index (χ0v) is 15.4. The lowest BCUT2D eigenvalue weighted by atomic mass is 9.98. The normalized spacial score (nSPS) is 36.1. The molecular weight excluding hydrogens is 352 g/mol. The molecule has 0 bridgehead atoms. The van der Waals surface area contributed by atoms with Crippen LogP contribution < -0.4 is 0 Å². The Labute approximate surface area is 150 Å². The van der Waals surface area contributed by atoms with Crippen LogP contribution in [0.3, 0.4) is 0 Å². The van der Waals surface area contributed by atoms with Gasteiger partial charge < -0.3 is 28.4 Å². The third kappa shape index (κ3) is 4.91. The molecule has 0 radical (unpaired) electrons. The molecular formula is C16H24O10. The van der Waals surface area contributed by atoms with Gasteiger partial charge in [-0.25, -0.2) is 0 Å². The Balaban J connectivity index is 2.29. The van der Waals surface area contributed by atoms with E-state index in [4.69, 9.17) is 33.2 Å². The fraction of sp³-hybridized carbons (Fsp3) is 0.812. The molecule has 0 saturated carbocycles. The van der Waals surface area contributed by atoms with Crippen LogP contribution in [0.2, 0.25) is 0 Å². The summed E-state index contributed by atoms with van der Waals surface area (Å²) in [6.45, 7) is 7.04. The molecule has 2 rings (SSSR count). The van der Waals surface area contributed by atoms with Crippen LogP contribution in [0, 0.1) is 0 Å². The molecule has 10 heteroatoms. The topological polar surface area (TPSA) is 116 Å². The van der Waals surface area contributed by atoms with E-state index >= 15 is 0 Å². The second kappa shape index (κ2) is 8.30. The Hall–Kier alpha value is -1.75. The minimum Gasteiger partial charge on any atom is -0.463 e. The average Bonchev–Trinajstić information content (AvgIpc) is 2.83. The van der Waals surface area contributed by atoms with Gasteiger partial charge in [-0.15, -0.1) is 0 Å². The fourth-order valence-corrected chi connectivity index (χ4v) is 2.91. The molecule has 0 spiro atoms. The summed E-state index contributed by atoms with van der Waals surface area (Å²) in [5.41, 5.74) is 0. The fourth-order valence-electron chi connectivity index (χ4n) is 2.91. The van der Waals surface area contributed by atoms with Crippen LogP contribution in [0.5, 0.6) is 0 Å². The van der Waals surface area contributed by atoms with Gasteiger partial charge in [0, 0.05) is 34.3 Å². The summed E-state index contributed by atoms with van der Waals surface area (Å²) in [6.07, 6.45) is -4.86. The van der Waals surface area contributed by atoms with Crippen LogP contribution in [0.25, 0.3) is 0 Å². The van der Waals surface area contributed by atoms with Gasteiger partial charge in [0.2, 0.25) is 0 Å². The number of fused-ring (bicyclic) bond motifs is 1. The zero-order valence-electron chi connectivity index (χ0n) is 15.4. The highest BCUT2D eigenvalue weighted by Crippen LogP contribution is 2.39. The molecule has 2 aliphatic rings. The Bertz CT molecular complexity index is 549. The number of hydrogen-bond acceptors (Lipinski definition) is 10. The maximum atomic E-state index is 11.6. The molecule has 2 heterocycles. The number of carbonyl (C=O) groups excluding carboxylic acids is 3. The first-order chi connectivity index (χ1) is 12.1. The van der Waals surface area contributed by atoms with Gasteiger partial charge in [0.15, 0.2) is 24.6 Å². The van der Waals surface area contributed by atoms with Gasteiger partial charge in [-0.2, -0.15) is 0 Å². The molecule has 2 saturated heterocycles. The number of esters is 3. The summed E-state index contributed by atoms with van der Waals surface area (Å²) in [7, 11) is 0. The van der Waals surface area contributed by atoms with E-state index in [0.717, 1.165) is 0 Å². The molecule has 0 aromatic carbocycles. The van der Waals surface area contributed by atoms with Crippen molar-refractivity contribution in [1.82, 2.24) is 0 Å². The van der Waals surface area contributed by atoms with Gasteiger partial charge in [-0.05, 0) is 6.92 Å². The Morgan fingerprint density at radius 2 is 1.58 bits per heavy atom. The predicted molar refractivity (Wildman–Crippen MR) is 82.4 cm³/mol. The van der Waals surface area contributed by atoms with E-state index in [2.05, 4.69) is 0 Å². The summed E-state index contributed by atoms with van der Waals surface area (Å²) in [4.78, 5) is 34.2. The number of rotatable bonds is 6. The first kappa shape index (κ1) is 20.6. The second-order valence-corrected chi connectivity index (χ2v) is 5.99. The van der Waals surface area contributed by atoms with E-state index in [-0.39, 0.29) is 6.61 Å². The van der Waals surface area contributed by atoms with Crippen molar-refractivity contribution in [2.75, 3.05) is 13.2 Å². The largest absolute Gasteiger partial charge is 0.463 e. The predicted octanol–water partition coefficient (Wildman–Crippen LogP) is 0.263. The minimum atomic E-state index is -1.42. The van der Waals surface area contributed by atoms with Crippen molar-refractivity contribution in [1.29, 1.82) is 0 Å². The summed E-state index contributed by atoms with van der Waals surface area (Å²) in [5, 5.41) is 0. The second-order valence-electron chi connectivity index (χ2n) is 5.99. The smallest absolute Gasteiger partial charge is 0.303 e. The summed E-state index contributed by atoms with van der Waals surface area (Å²) < 4.78 is 38.2. The van der Waals surface area contributed by atoms with Crippen molar-refractivity contribution in [3.63, 3.8) is 0 Å². The van der Waals surface area contributed by atoms with Crippen molar-refractivity contribution < 1.29 is 47.5 Å². The molecule has 148 valence electrons. The molecule has 0 aromatic heterocycles. The molecule has 2 aliphatic heterocycles. The SMILES string of the molecule is CCOC1(C)O[C@H]2O[C@H](COC(C)=O)[C@@H](OC(C)=O)[C@H](OC(C)=O)[C@H]2O1. The van der Waals surface area contributed by atoms with Crippen LogP contribution in [-0.2, 0) is 47.5 Å². The summed E-state index contributed by atoms with van der Waals surface area (Å²) >= 11 is 0.